The minimum atomic E-state index is -0.229. The van der Waals surface area contributed by atoms with Crippen LogP contribution in [0.4, 0.5) is 10.1 Å². The fourth-order valence-electron chi connectivity index (χ4n) is 3.03. The van der Waals surface area contributed by atoms with Crippen LogP contribution in [-0.2, 0) is 0 Å². The van der Waals surface area contributed by atoms with Gasteiger partial charge in [0, 0.05) is 43.5 Å². The van der Waals surface area contributed by atoms with E-state index >= 15 is 0 Å². The predicted molar refractivity (Wildman–Crippen MR) is 85.1 cm³/mol. The van der Waals surface area contributed by atoms with Crippen LogP contribution in [0.25, 0.3) is 0 Å². The molecule has 0 spiro atoms. The molecule has 0 radical (unpaired) electrons. The summed E-state index contributed by atoms with van der Waals surface area (Å²) >= 11 is 0. The van der Waals surface area contributed by atoms with Gasteiger partial charge in [-0.3, -0.25) is 9.89 Å². The first-order valence-corrected chi connectivity index (χ1v) is 8.06. The Morgan fingerprint density at radius 1 is 1.13 bits per heavy atom. The van der Waals surface area contributed by atoms with Crippen LogP contribution in [0.2, 0.25) is 0 Å². The second-order valence-corrected chi connectivity index (χ2v) is 6.24. The van der Waals surface area contributed by atoms with Gasteiger partial charge >= 0.3 is 0 Å². The van der Waals surface area contributed by atoms with E-state index in [-0.39, 0.29) is 11.7 Å². The maximum Gasteiger partial charge on any atom is 0.274 e. The standard InChI is InChI=1S/C17H19FN4O/c18-13-3-5-14(6-4-13)21-7-9-22(10-8-21)17(23)16-11-15(19-20-16)12-1-2-12/h3-6,11-12H,1-2,7-10H2,(H,19,20). The van der Waals surface area contributed by atoms with Crippen LogP contribution in [0.1, 0.15) is 34.9 Å². The Morgan fingerprint density at radius 3 is 2.48 bits per heavy atom. The van der Waals surface area contributed by atoms with Crippen molar-refractivity contribution in [1.82, 2.24) is 15.1 Å². The van der Waals surface area contributed by atoms with E-state index in [0.717, 1.165) is 24.5 Å². The van der Waals surface area contributed by atoms with Gasteiger partial charge in [0.05, 0.1) is 0 Å². The maximum absolute atomic E-state index is 13.0. The molecule has 0 bridgehead atoms. The summed E-state index contributed by atoms with van der Waals surface area (Å²) in [4.78, 5) is 16.5. The highest BCUT2D eigenvalue weighted by atomic mass is 19.1. The molecule has 2 heterocycles. The number of benzene rings is 1. The normalized spacial score (nSPS) is 18.3. The summed E-state index contributed by atoms with van der Waals surface area (Å²) in [7, 11) is 0. The smallest absolute Gasteiger partial charge is 0.274 e. The van der Waals surface area contributed by atoms with Crippen molar-refractivity contribution >= 4 is 11.6 Å². The van der Waals surface area contributed by atoms with Gasteiger partial charge in [-0.05, 0) is 43.2 Å². The molecule has 5 nitrogen and oxygen atoms in total. The maximum atomic E-state index is 13.0. The number of H-pyrrole nitrogens is 1. The average Bonchev–Trinajstić information content (AvgIpc) is 3.32. The van der Waals surface area contributed by atoms with Crippen LogP contribution in [0.3, 0.4) is 0 Å². The van der Waals surface area contributed by atoms with Gasteiger partial charge in [0.2, 0.25) is 0 Å². The van der Waals surface area contributed by atoms with Gasteiger partial charge in [0.25, 0.3) is 5.91 Å². The molecule has 1 aliphatic heterocycles. The number of piperazine rings is 1. The number of hydrogen-bond acceptors (Lipinski definition) is 3. The summed E-state index contributed by atoms with van der Waals surface area (Å²) < 4.78 is 13.0. The van der Waals surface area contributed by atoms with E-state index in [1.165, 1.54) is 25.0 Å². The van der Waals surface area contributed by atoms with E-state index < -0.39 is 0 Å². The van der Waals surface area contributed by atoms with Crippen molar-refractivity contribution in [1.29, 1.82) is 0 Å². The first-order valence-electron chi connectivity index (χ1n) is 8.06. The molecule has 2 fully saturated rings. The molecule has 0 atom stereocenters. The Labute approximate surface area is 134 Å². The van der Waals surface area contributed by atoms with Crippen molar-refractivity contribution in [3.8, 4) is 0 Å². The molecule has 1 N–H and O–H groups in total. The molecule has 1 saturated carbocycles. The molecule has 1 aromatic carbocycles. The van der Waals surface area contributed by atoms with Crippen molar-refractivity contribution < 1.29 is 9.18 Å². The third kappa shape index (κ3) is 2.93. The van der Waals surface area contributed by atoms with Crippen molar-refractivity contribution in [3.05, 3.63) is 47.5 Å². The SMILES string of the molecule is O=C(c1cc(C2CC2)[nH]n1)N1CCN(c2ccc(F)cc2)CC1. The lowest BCUT2D eigenvalue weighted by atomic mass is 10.2. The number of halogens is 1. The van der Waals surface area contributed by atoms with E-state index in [2.05, 4.69) is 15.1 Å². The van der Waals surface area contributed by atoms with E-state index in [4.69, 9.17) is 0 Å². The molecule has 23 heavy (non-hydrogen) atoms. The van der Waals surface area contributed by atoms with Crippen LogP contribution in [0, 0.1) is 5.82 Å². The number of carbonyl (C=O) groups excluding carboxylic acids is 1. The van der Waals surface area contributed by atoms with Gasteiger partial charge in [-0.25, -0.2) is 4.39 Å². The number of aromatic amines is 1. The topological polar surface area (TPSA) is 52.2 Å². The van der Waals surface area contributed by atoms with Crippen LogP contribution in [0.15, 0.2) is 30.3 Å². The van der Waals surface area contributed by atoms with Crippen molar-refractivity contribution in [2.24, 2.45) is 0 Å². The number of hydrogen-bond donors (Lipinski definition) is 1. The first kappa shape index (κ1) is 14.2. The molecule has 2 aromatic rings. The Hall–Kier alpha value is -2.37. The number of amides is 1. The minimum Gasteiger partial charge on any atom is -0.368 e. The lowest BCUT2D eigenvalue weighted by Gasteiger charge is -2.35. The fourth-order valence-corrected chi connectivity index (χ4v) is 3.03. The molecular formula is C17H19FN4O. The van der Waals surface area contributed by atoms with Gasteiger partial charge in [-0.15, -0.1) is 0 Å². The molecule has 120 valence electrons. The lowest BCUT2D eigenvalue weighted by Crippen LogP contribution is -2.48. The van der Waals surface area contributed by atoms with Crippen molar-refractivity contribution in [2.45, 2.75) is 18.8 Å². The molecule has 6 heteroatoms. The summed E-state index contributed by atoms with van der Waals surface area (Å²) in [5, 5.41) is 7.15. The van der Waals surface area contributed by atoms with Crippen LogP contribution < -0.4 is 4.90 Å². The Bertz CT molecular complexity index is 700. The molecule has 1 amide bonds. The molecule has 1 aromatic heterocycles. The van der Waals surface area contributed by atoms with Crippen molar-refractivity contribution in [3.63, 3.8) is 0 Å². The minimum absolute atomic E-state index is 0.00749. The zero-order chi connectivity index (χ0) is 15.8. The number of carbonyl (C=O) groups is 1. The van der Waals surface area contributed by atoms with Crippen LogP contribution in [-0.4, -0.2) is 47.2 Å². The number of anilines is 1. The van der Waals surface area contributed by atoms with Gasteiger partial charge in [0.15, 0.2) is 0 Å². The molecule has 2 aliphatic rings. The highest BCUT2D eigenvalue weighted by Gasteiger charge is 2.28. The quantitative estimate of drug-likeness (QED) is 0.946. The lowest BCUT2D eigenvalue weighted by molar-refractivity contribution is 0.0741. The molecule has 0 unspecified atom stereocenters. The Balaban J connectivity index is 1.38. The monoisotopic (exact) mass is 314 g/mol. The van der Waals surface area contributed by atoms with Gasteiger partial charge in [-0.1, -0.05) is 0 Å². The molecule has 4 rings (SSSR count). The van der Waals surface area contributed by atoms with E-state index in [9.17, 15) is 9.18 Å². The van der Waals surface area contributed by atoms with Gasteiger partial charge in [-0.2, -0.15) is 5.10 Å². The highest BCUT2D eigenvalue weighted by Crippen LogP contribution is 2.39. The molecular weight excluding hydrogens is 295 g/mol. The summed E-state index contributed by atoms with van der Waals surface area (Å²) in [6, 6.07) is 8.39. The predicted octanol–water partition coefficient (Wildman–Crippen LogP) is 2.39. The molecule has 1 saturated heterocycles. The zero-order valence-electron chi connectivity index (χ0n) is 12.8. The number of aromatic nitrogens is 2. The van der Waals surface area contributed by atoms with E-state index in [1.54, 1.807) is 12.1 Å². The van der Waals surface area contributed by atoms with Crippen LogP contribution in [0.5, 0.6) is 0 Å². The average molecular weight is 314 g/mol. The number of nitrogens with one attached hydrogen (secondary N) is 1. The summed E-state index contributed by atoms with van der Waals surface area (Å²) in [6.07, 6.45) is 2.37. The largest absolute Gasteiger partial charge is 0.368 e. The molecule has 1 aliphatic carbocycles. The third-order valence-electron chi connectivity index (χ3n) is 4.59. The first-order chi connectivity index (χ1) is 11.2. The van der Waals surface area contributed by atoms with Gasteiger partial charge < -0.3 is 9.80 Å². The summed E-state index contributed by atoms with van der Waals surface area (Å²) in [5.41, 5.74) is 2.59. The number of nitrogens with zero attached hydrogens (tertiary/aromatic N) is 3. The van der Waals surface area contributed by atoms with Crippen LogP contribution >= 0.6 is 0 Å². The number of rotatable bonds is 3. The van der Waals surface area contributed by atoms with Crippen molar-refractivity contribution in [2.75, 3.05) is 31.1 Å². The second-order valence-electron chi connectivity index (χ2n) is 6.24. The Kier molecular flexibility index (Phi) is 3.52. The fraction of sp³-hybridized carbons (Fsp3) is 0.412. The van der Waals surface area contributed by atoms with E-state index in [1.807, 2.05) is 11.0 Å². The zero-order valence-corrected chi connectivity index (χ0v) is 12.8. The Morgan fingerprint density at radius 2 is 1.83 bits per heavy atom. The summed E-state index contributed by atoms with van der Waals surface area (Å²) in [6.45, 7) is 2.80. The second kappa shape index (κ2) is 5.68. The van der Waals surface area contributed by atoms with Gasteiger partial charge in [0.1, 0.15) is 11.5 Å². The summed E-state index contributed by atoms with van der Waals surface area (Å²) in [5.74, 6) is 0.332. The third-order valence-corrected chi connectivity index (χ3v) is 4.59. The van der Waals surface area contributed by atoms with E-state index in [0.29, 0.717) is 24.7 Å². The highest BCUT2D eigenvalue weighted by molar-refractivity contribution is 5.92.